The predicted octanol–water partition coefficient (Wildman–Crippen LogP) is 4.47. The molecule has 0 saturated carbocycles. The zero-order valence-electron chi connectivity index (χ0n) is 9.11. The molecular weight excluding hydrogens is 240 g/mol. The van der Waals surface area contributed by atoms with Crippen molar-refractivity contribution in [3.05, 3.63) is 41.5 Å². The van der Waals surface area contributed by atoms with Crippen LogP contribution in [-0.4, -0.2) is 16.7 Å². The monoisotopic (exact) mass is 254 g/mol. The first kappa shape index (κ1) is 12.8. The minimum Gasteiger partial charge on any atom is -0.129 e. The largest absolute Gasteiger partial charge is 0.129 e. The van der Waals surface area contributed by atoms with Crippen LogP contribution in [0.25, 0.3) is 4.91 Å². The van der Waals surface area contributed by atoms with Gasteiger partial charge in [0.15, 0.2) is 0 Å². The van der Waals surface area contributed by atoms with Crippen LogP contribution in [-0.2, 0) is 0 Å². The molecule has 3 heteroatoms. The van der Waals surface area contributed by atoms with Crippen LogP contribution in [0.15, 0.2) is 35.9 Å². The summed E-state index contributed by atoms with van der Waals surface area (Å²) in [5.74, 6) is 0. The van der Waals surface area contributed by atoms with Crippen LogP contribution < -0.4 is 0 Å². The summed E-state index contributed by atoms with van der Waals surface area (Å²) in [6.45, 7) is 2.09. The van der Waals surface area contributed by atoms with Gasteiger partial charge in [-0.25, -0.2) is 0 Å². The molecule has 1 rings (SSSR count). The van der Waals surface area contributed by atoms with Crippen molar-refractivity contribution in [2.75, 3.05) is 12.5 Å². The van der Waals surface area contributed by atoms with Gasteiger partial charge in [-0.05, 0) is 30.6 Å². The summed E-state index contributed by atoms with van der Waals surface area (Å²) < 4.78 is 0.975. The fourth-order valence-electron chi connectivity index (χ4n) is 1.32. The maximum Gasteiger partial charge on any atom is 0.0743 e. The molecule has 0 aliphatic carbocycles. The molecule has 0 N–H and O–H groups in total. The molecule has 0 atom stereocenters. The van der Waals surface area contributed by atoms with Gasteiger partial charge in [0.25, 0.3) is 0 Å². The third kappa shape index (κ3) is 3.37. The van der Waals surface area contributed by atoms with E-state index in [1.807, 2.05) is 12.3 Å². The summed E-state index contributed by atoms with van der Waals surface area (Å²) in [6, 6.07) is 10.4. The Morgan fingerprint density at radius 1 is 1.07 bits per heavy atom. The lowest BCUT2D eigenvalue weighted by Gasteiger charge is -2.09. The second-order valence-corrected chi connectivity index (χ2v) is 5.32. The molecule has 0 unspecified atom stereocenters. The minimum absolute atomic E-state index is 0.975. The molecule has 1 aromatic rings. The summed E-state index contributed by atoms with van der Waals surface area (Å²) in [4.78, 5) is 1.27. The first-order chi connectivity index (χ1) is 7.20. The van der Waals surface area contributed by atoms with Crippen LogP contribution in [0.4, 0.5) is 0 Å². The summed E-state index contributed by atoms with van der Waals surface area (Å²) in [6.07, 6.45) is 4.11. The van der Waals surface area contributed by atoms with E-state index in [0.29, 0.717) is 0 Å². The molecule has 0 amide bonds. The molecule has 15 heavy (non-hydrogen) atoms. The second kappa shape index (κ2) is 6.36. The van der Waals surface area contributed by atoms with Crippen LogP contribution in [0.2, 0.25) is 0 Å². The Morgan fingerprint density at radius 2 is 1.67 bits per heavy atom. The van der Waals surface area contributed by atoms with E-state index in [-0.39, 0.29) is 0 Å². The van der Waals surface area contributed by atoms with Crippen LogP contribution >= 0.6 is 35.7 Å². The van der Waals surface area contributed by atoms with Crippen molar-refractivity contribution in [2.45, 2.75) is 6.92 Å². The van der Waals surface area contributed by atoms with E-state index in [9.17, 15) is 0 Å². The van der Waals surface area contributed by atoms with Crippen molar-refractivity contribution in [1.29, 1.82) is 0 Å². The molecule has 0 aliphatic rings. The number of benzene rings is 1. The molecular formula is C12H14S3. The van der Waals surface area contributed by atoms with E-state index in [1.54, 1.807) is 23.5 Å². The van der Waals surface area contributed by atoms with Gasteiger partial charge < -0.3 is 0 Å². The van der Waals surface area contributed by atoms with Crippen molar-refractivity contribution in [3.63, 3.8) is 0 Å². The van der Waals surface area contributed by atoms with Crippen LogP contribution in [0.3, 0.4) is 0 Å². The smallest absolute Gasteiger partial charge is 0.0743 e. The molecule has 0 radical (unpaired) electrons. The zero-order valence-corrected chi connectivity index (χ0v) is 11.6. The van der Waals surface area contributed by atoms with E-state index < -0.39 is 0 Å². The maximum absolute atomic E-state index is 5.31. The van der Waals surface area contributed by atoms with Gasteiger partial charge in [-0.3, -0.25) is 0 Å². The lowest BCUT2D eigenvalue weighted by molar-refractivity contribution is 1.60. The molecule has 0 aliphatic heterocycles. The predicted molar refractivity (Wildman–Crippen MR) is 78.7 cm³/mol. The molecule has 0 spiro atoms. The van der Waals surface area contributed by atoms with E-state index >= 15 is 0 Å². The van der Waals surface area contributed by atoms with Gasteiger partial charge in [0.2, 0.25) is 0 Å². The van der Waals surface area contributed by atoms with Gasteiger partial charge >= 0.3 is 0 Å². The van der Waals surface area contributed by atoms with Crippen molar-refractivity contribution in [2.24, 2.45) is 0 Å². The molecule has 0 fully saturated rings. The quantitative estimate of drug-likeness (QED) is 0.577. The second-order valence-electron chi connectivity index (χ2n) is 3.02. The van der Waals surface area contributed by atoms with Crippen LogP contribution in [0, 0.1) is 0 Å². The Labute approximate surface area is 106 Å². The highest BCUT2D eigenvalue weighted by Gasteiger charge is 2.07. The standard InChI is InChI=1S/C12H14S3/c1-9(12(13)15-3)11(14-2)10-7-5-4-6-8-10/h4-8H,1-3H3/b11-9+. The Balaban J connectivity index is 3.13. The average Bonchev–Trinajstić information content (AvgIpc) is 2.30. The number of rotatable bonds is 3. The van der Waals surface area contributed by atoms with Gasteiger partial charge in [-0.1, -0.05) is 42.5 Å². The topological polar surface area (TPSA) is 0 Å². The molecule has 80 valence electrons. The summed E-state index contributed by atoms with van der Waals surface area (Å²) in [7, 11) is 0. The van der Waals surface area contributed by atoms with Crippen LogP contribution in [0.5, 0.6) is 0 Å². The molecule has 0 nitrogen and oxygen atoms in total. The summed E-state index contributed by atoms with van der Waals surface area (Å²) >= 11 is 8.70. The third-order valence-corrected chi connectivity index (χ3v) is 4.51. The first-order valence-corrected chi connectivity index (χ1v) is 7.45. The van der Waals surface area contributed by atoms with Gasteiger partial charge in [0.05, 0.1) is 4.20 Å². The molecule has 0 heterocycles. The first-order valence-electron chi connectivity index (χ1n) is 4.59. The number of hydrogen-bond donors (Lipinski definition) is 0. The number of thioether (sulfide) groups is 2. The fraction of sp³-hybridized carbons (Fsp3) is 0.250. The highest BCUT2D eigenvalue weighted by molar-refractivity contribution is 8.23. The molecule has 1 aromatic carbocycles. The van der Waals surface area contributed by atoms with Crippen molar-refractivity contribution >= 4 is 44.8 Å². The lowest BCUT2D eigenvalue weighted by Crippen LogP contribution is -1.93. The number of hydrogen-bond acceptors (Lipinski definition) is 3. The average molecular weight is 254 g/mol. The Morgan fingerprint density at radius 3 is 2.13 bits per heavy atom. The SMILES string of the molecule is CSC(=S)/C(C)=C(/SC)c1ccccc1. The van der Waals surface area contributed by atoms with E-state index in [2.05, 4.69) is 37.4 Å². The van der Waals surface area contributed by atoms with Gasteiger partial charge in [-0.15, -0.1) is 23.5 Å². The zero-order chi connectivity index (χ0) is 11.3. The van der Waals surface area contributed by atoms with E-state index in [0.717, 1.165) is 4.20 Å². The normalized spacial score (nSPS) is 12.2. The minimum atomic E-state index is 0.975. The molecule has 0 saturated heterocycles. The Bertz CT molecular complexity index is 366. The van der Waals surface area contributed by atoms with Gasteiger partial charge in [0.1, 0.15) is 0 Å². The third-order valence-electron chi connectivity index (χ3n) is 2.07. The number of thiocarbonyl (C=S) groups is 1. The summed E-state index contributed by atoms with van der Waals surface area (Å²) in [5.41, 5.74) is 2.45. The summed E-state index contributed by atoms with van der Waals surface area (Å²) in [5, 5.41) is 0. The van der Waals surface area contributed by atoms with E-state index in [4.69, 9.17) is 12.2 Å². The van der Waals surface area contributed by atoms with E-state index in [1.165, 1.54) is 16.0 Å². The Hall–Kier alpha value is -0.250. The van der Waals surface area contributed by atoms with Crippen molar-refractivity contribution in [3.8, 4) is 0 Å². The van der Waals surface area contributed by atoms with Gasteiger partial charge in [-0.2, -0.15) is 0 Å². The van der Waals surface area contributed by atoms with Crippen LogP contribution in [0.1, 0.15) is 12.5 Å². The Kier molecular flexibility index (Phi) is 5.43. The van der Waals surface area contributed by atoms with Crippen molar-refractivity contribution in [1.82, 2.24) is 0 Å². The molecule has 0 aromatic heterocycles. The highest BCUT2D eigenvalue weighted by atomic mass is 32.2. The van der Waals surface area contributed by atoms with Crippen molar-refractivity contribution < 1.29 is 0 Å². The van der Waals surface area contributed by atoms with Gasteiger partial charge in [0, 0.05) is 4.91 Å². The maximum atomic E-state index is 5.31. The molecule has 0 bridgehead atoms. The fourth-order valence-corrected chi connectivity index (χ4v) is 2.74. The highest BCUT2D eigenvalue weighted by Crippen LogP contribution is 2.30. The lowest BCUT2D eigenvalue weighted by atomic mass is 10.1.